The summed E-state index contributed by atoms with van der Waals surface area (Å²) in [5.74, 6) is 1.43. The molecule has 4 nitrogen and oxygen atoms in total. The van der Waals surface area contributed by atoms with Crippen molar-refractivity contribution in [2.75, 3.05) is 17.9 Å². The molecule has 0 saturated carbocycles. The van der Waals surface area contributed by atoms with Crippen LogP contribution in [0.5, 0.6) is 0 Å². The van der Waals surface area contributed by atoms with Gasteiger partial charge in [0.25, 0.3) is 0 Å². The minimum Gasteiger partial charge on any atom is -0.327 e. The fourth-order valence-corrected chi connectivity index (χ4v) is 2.59. The molecule has 6 heteroatoms. The summed E-state index contributed by atoms with van der Waals surface area (Å²) in [7, 11) is -2.98. The molecular weight excluding hydrogens is 272 g/mol. The van der Waals surface area contributed by atoms with Crippen molar-refractivity contribution >= 4 is 32.5 Å². The van der Waals surface area contributed by atoms with Gasteiger partial charge in [0, 0.05) is 25.1 Å². The number of sulfone groups is 1. The van der Waals surface area contributed by atoms with E-state index in [0.717, 1.165) is 16.9 Å². The molecule has 98 valence electrons. The van der Waals surface area contributed by atoms with Crippen LogP contribution >= 0.6 is 11.6 Å². The molecular formula is C12H15ClN2O2S. The van der Waals surface area contributed by atoms with E-state index < -0.39 is 9.84 Å². The highest BCUT2D eigenvalue weighted by atomic mass is 35.5. The van der Waals surface area contributed by atoms with Gasteiger partial charge in [0.1, 0.15) is 15.7 Å². The maximum absolute atomic E-state index is 11.3. The van der Waals surface area contributed by atoms with Crippen molar-refractivity contribution in [3.63, 3.8) is 0 Å². The molecule has 18 heavy (non-hydrogen) atoms. The number of hydrogen-bond acceptors (Lipinski definition) is 3. The van der Waals surface area contributed by atoms with Crippen LogP contribution in [0.1, 0.15) is 5.82 Å². The topological polar surface area (TPSA) is 52.0 Å². The van der Waals surface area contributed by atoms with Crippen LogP contribution in [0.2, 0.25) is 0 Å². The van der Waals surface area contributed by atoms with Gasteiger partial charge >= 0.3 is 0 Å². The van der Waals surface area contributed by atoms with Crippen molar-refractivity contribution in [1.29, 1.82) is 0 Å². The summed E-state index contributed by atoms with van der Waals surface area (Å²) < 4.78 is 24.5. The van der Waals surface area contributed by atoms with Gasteiger partial charge in [-0.1, -0.05) is 12.1 Å². The van der Waals surface area contributed by atoms with E-state index >= 15 is 0 Å². The quantitative estimate of drug-likeness (QED) is 0.789. The van der Waals surface area contributed by atoms with E-state index in [4.69, 9.17) is 11.6 Å². The summed E-state index contributed by atoms with van der Waals surface area (Å²) in [5.41, 5.74) is 1.84. The summed E-state index contributed by atoms with van der Waals surface area (Å²) in [5, 5.41) is 0. The first-order valence-corrected chi connectivity index (χ1v) is 8.28. The summed E-state index contributed by atoms with van der Waals surface area (Å²) in [4.78, 5) is 4.49. The fourth-order valence-electron chi connectivity index (χ4n) is 1.91. The van der Waals surface area contributed by atoms with E-state index in [9.17, 15) is 8.42 Å². The average molecular weight is 287 g/mol. The van der Waals surface area contributed by atoms with Crippen LogP contribution in [0.25, 0.3) is 11.0 Å². The van der Waals surface area contributed by atoms with Crippen molar-refractivity contribution in [2.24, 2.45) is 0 Å². The highest BCUT2D eigenvalue weighted by Crippen LogP contribution is 2.16. The lowest BCUT2D eigenvalue weighted by molar-refractivity contribution is 0.594. The number of aromatic nitrogens is 2. The number of hydrogen-bond donors (Lipinski definition) is 0. The number of fused-ring (bicyclic) bond motifs is 1. The lowest BCUT2D eigenvalue weighted by atomic mass is 10.3. The zero-order chi connectivity index (χ0) is 13.2. The van der Waals surface area contributed by atoms with E-state index in [1.807, 2.05) is 28.8 Å². The van der Waals surface area contributed by atoms with Crippen LogP contribution < -0.4 is 0 Å². The zero-order valence-corrected chi connectivity index (χ0v) is 11.7. The summed E-state index contributed by atoms with van der Waals surface area (Å²) >= 11 is 5.75. The zero-order valence-electron chi connectivity index (χ0n) is 10.1. The Morgan fingerprint density at radius 3 is 2.72 bits per heavy atom. The molecule has 0 aliphatic carbocycles. The molecule has 0 amide bonds. The van der Waals surface area contributed by atoms with Gasteiger partial charge in [-0.2, -0.15) is 0 Å². The molecule has 2 aromatic rings. The SMILES string of the molecule is CS(=O)(=O)CCn1c(CCCl)nc2ccccc21. The Balaban J connectivity index is 2.41. The van der Waals surface area contributed by atoms with Crippen LogP contribution in [0.3, 0.4) is 0 Å². The predicted octanol–water partition coefficient (Wildman–Crippen LogP) is 1.86. The number of benzene rings is 1. The van der Waals surface area contributed by atoms with E-state index in [-0.39, 0.29) is 5.75 Å². The second-order valence-corrected chi connectivity index (χ2v) is 6.87. The lowest BCUT2D eigenvalue weighted by Crippen LogP contribution is -2.13. The molecule has 0 unspecified atom stereocenters. The number of aryl methyl sites for hydroxylation is 2. The predicted molar refractivity (Wildman–Crippen MR) is 73.9 cm³/mol. The molecule has 1 aromatic carbocycles. The maximum Gasteiger partial charge on any atom is 0.149 e. The van der Waals surface area contributed by atoms with Crippen molar-refractivity contribution in [1.82, 2.24) is 9.55 Å². The van der Waals surface area contributed by atoms with Crippen molar-refractivity contribution < 1.29 is 8.42 Å². The van der Waals surface area contributed by atoms with Crippen molar-refractivity contribution in [3.8, 4) is 0 Å². The minimum atomic E-state index is -2.98. The molecule has 0 spiro atoms. The van der Waals surface area contributed by atoms with Crippen molar-refractivity contribution in [2.45, 2.75) is 13.0 Å². The smallest absolute Gasteiger partial charge is 0.149 e. The van der Waals surface area contributed by atoms with Crippen LogP contribution in [0.15, 0.2) is 24.3 Å². The van der Waals surface area contributed by atoms with Gasteiger partial charge in [0.2, 0.25) is 0 Å². The van der Waals surface area contributed by atoms with Crippen molar-refractivity contribution in [3.05, 3.63) is 30.1 Å². The molecule has 0 radical (unpaired) electrons. The molecule has 0 atom stereocenters. The first-order valence-electron chi connectivity index (χ1n) is 5.69. The summed E-state index contributed by atoms with van der Waals surface area (Å²) in [6.45, 7) is 0.422. The Kier molecular flexibility index (Phi) is 3.92. The Labute approximate surface area is 112 Å². The molecule has 0 N–H and O–H groups in total. The molecule has 0 aliphatic rings. The molecule has 0 bridgehead atoms. The summed E-state index contributed by atoms with van der Waals surface area (Å²) in [6, 6.07) is 7.71. The van der Waals surface area contributed by atoms with Crippen LogP contribution in [0, 0.1) is 0 Å². The largest absolute Gasteiger partial charge is 0.327 e. The number of rotatable bonds is 5. The third-order valence-corrected chi connectivity index (χ3v) is 3.85. The molecule has 0 aliphatic heterocycles. The van der Waals surface area contributed by atoms with Gasteiger partial charge in [-0.05, 0) is 12.1 Å². The van der Waals surface area contributed by atoms with E-state index in [1.165, 1.54) is 6.26 Å². The molecule has 1 aromatic heterocycles. The molecule has 0 saturated heterocycles. The Bertz CT molecular complexity index is 649. The molecule has 2 rings (SSSR count). The Morgan fingerprint density at radius 1 is 1.33 bits per heavy atom. The van der Waals surface area contributed by atoms with Gasteiger partial charge in [0.05, 0.1) is 16.8 Å². The Hall–Kier alpha value is -1.07. The number of para-hydroxylation sites is 2. The van der Waals surface area contributed by atoms with E-state index in [0.29, 0.717) is 18.8 Å². The maximum atomic E-state index is 11.3. The third kappa shape index (κ3) is 3.03. The number of imidazole rings is 1. The fraction of sp³-hybridized carbons (Fsp3) is 0.417. The normalized spacial score (nSPS) is 12.1. The molecule has 1 heterocycles. The highest BCUT2D eigenvalue weighted by Gasteiger charge is 2.11. The van der Waals surface area contributed by atoms with Gasteiger partial charge in [-0.3, -0.25) is 0 Å². The first-order chi connectivity index (χ1) is 8.51. The van der Waals surface area contributed by atoms with Crippen LogP contribution in [-0.4, -0.2) is 35.9 Å². The average Bonchev–Trinajstić information content (AvgIpc) is 2.63. The summed E-state index contributed by atoms with van der Waals surface area (Å²) in [6.07, 6.45) is 1.88. The second-order valence-electron chi connectivity index (χ2n) is 4.24. The van der Waals surface area contributed by atoms with Gasteiger partial charge < -0.3 is 4.57 Å². The van der Waals surface area contributed by atoms with Crippen LogP contribution in [0.4, 0.5) is 0 Å². The van der Waals surface area contributed by atoms with E-state index in [1.54, 1.807) is 0 Å². The van der Waals surface area contributed by atoms with Gasteiger partial charge in [-0.25, -0.2) is 13.4 Å². The van der Waals surface area contributed by atoms with Gasteiger partial charge in [-0.15, -0.1) is 11.6 Å². The van der Waals surface area contributed by atoms with Gasteiger partial charge in [0.15, 0.2) is 0 Å². The first kappa shape index (κ1) is 13.4. The number of halogens is 1. The Morgan fingerprint density at radius 2 is 2.06 bits per heavy atom. The monoisotopic (exact) mass is 286 g/mol. The standard InChI is InChI=1S/C12H15ClN2O2S/c1-18(16,17)9-8-15-11-5-3-2-4-10(11)14-12(15)6-7-13/h2-5H,6-9H2,1H3. The number of nitrogens with zero attached hydrogens (tertiary/aromatic N) is 2. The number of alkyl halides is 1. The van der Waals surface area contributed by atoms with Crippen LogP contribution in [-0.2, 0) is 22.8 Å². The third-order valence-electron chi connectivity index (χ3n) is 2.74. The second kappa shape index (κ2) is 5.28. The lowest BCUT2D eigenvalue weighted by Gasteiger charge is -2.07. The van der Waals surface area contributed by atoms with E-state index in [2.05, 4.69) is 4.98 Å². The highest BCUT2D eigenvalue weighted by molar-refractivity contribution is 7.90. The molecule has 0 fully saturated rings. The minimum absolute atomic E-state index is 0.114.